The predicted octanol–water partition coefficient (Wildman–Crippen LogP) is 6.53. The number of para-hydroxylation sites is 1. The standard InChI is InChI=1S/C26H26ClN5OS/c1-16(2)22-7-5-6-17(3)23(22)29-25(33)18(4)34-26-31-30-24(19-12-14-28-15-13-19)32(26)21-10-8-20(27)9-11-21/h5-16,18H,1-4H3,(H,29,33). The van der Waals surface area contributed by atoms with Crippen LogP contribution in [0.25, 0.3) is 17.1 Å². The summed E-state index contributed by atoms with van der Waals surface area (Å²) in [7, 11) is 0. The van der Waals surface area contributed by atoms with Gasteiger partial charge in [-0.05, 0) is 67.3 Å². The summed E-state index contributed by atoms with van der Waals surface area (Å²) in [6, 6.07) is 17.3. The average molecular weight is 492 g/mol. The fourth-order valence-corrected chi connectivity index (χ4v) is 4.63. The third-order valence-electron chi connectivity index (χ3n) is 5.48. The van der Waals surface area contributed by atoms with E-state index in [0.717, 1.165) is 28.1 Å². The molecule has 0 saturated heterocycles. The van der Waals surface area contributed by atoms with Crippen LogP contribution in [0.1, 0.15) is 37.8 Å². The zero-order valence-electron chi connectivity index (χ0n) is 19.5. The van der Waals surface area contributed by atoms with E-state index in [4.69, 9.17) is 11.6 Å². The quantitative estimate of drug-likeness (QED) is 0.297. The summed E-state index contributed by atoms with van der Waals surface area (Å²) in [4.78, 5) is 17.3. The smallest absolute Gasteiger partial charge is 0.237 e. The number of nitrogens with one attached hydrogen (secondary N) is 1. The summed E-state index contributed by atoms with van der Waals surface area (Å²) in [6.45, 7) is 8.13. The molecule has 2 aromatic heterocycles. The van der Waals surface area contributed by atoms with E-state index < -0.39 is 5.25 Å². The Kier molecular flexibility index (Phi) is 7.34. The highest BCUT2D eigenvalue weighted by Gasteiger charge is 2.23. The van der Waals surface area contributed by atoms with E-state index in [1.165, 1.54) is 11.8 Å². The maximum atomic E-state index is 13.2. The van der Waals surface area contributed by atoms with Crippen molar-refractivity contribution in [3.05, 3.63) is 83.1 Å². The molecule has 0 aliphatic carbocycles. The highest BCUT2D eigenvalue weighted by molar-refractivity contribution is 8.00. The van der Waals surface area contributed by atoms with Crippen LogP contribution in [0.3, 0.4) is 0 Å². The minimum absolute atomic E-state index is 0.0858. The summed E-state index contributed by atoms with van der Waals surface area (Å²) in [5, 5.41) is 12.9. The lowest BCUT2D eigenvalue weighted by Crippen LogP contribution is -2.24. The Balaban J connectivity index is 1.65. The van der Waals surface area contributed by atoms with Crippen molar-refractivity contribution < 1.29 is 4.79 Å². The van der Waals surface area contributed by atoms with Gasteiger partial charge >= 0.3 is 0 Å². The first kappa shape index (κ1) is 24.0. The van der Waals surface area contributed by atoms with Crippen LogP contribution in [0, 0.1) is 6.92 Å². The molecule has 1 unspecified atom stereocenters. The Morgan fingerprint density at radius 3 is 2.38 bits per heavy atom. The molecule has 34 heavy (non-hydrogen) atoms. The van der Waals surface area contributed by atoms with Gasteiger partial charge in [-0.3, -0.25) is 14.3 Å². The summed E-state index contributed by atoms with van der Waals surface area (Å²) < 4.78 is 1.94. The Labute approximate surface area is 208 Å². The Hall–Kier alpha value is -3.16. The van der Waals surface area contributed by atoms with Crippen molar-refractivity contribution in [1.29, 1.82) is 0 Å². The van der Waals surface area contributed by atoms with Gasteiger partial charge < -0.3 is 5.32 Å². The van der Waals surface area contributed by atoms with Crippen molar-refractivity contribution in [3.8, 4) is 17.1 Å². The molecule has 0 fully saturated rings. The van der Waals surface area contributed by atoms with Crippen molar-refractivity contribution >= 4 is 35.0 Å². The topological polar surface area (TPSA) is 72.7 Å². The van der Waals surface area contributed by atoms with Crippen LogP contribution in [0.2, 0.25) is 5.02 Å². The number of nitrogens with zero attached hydrogens (tertiary/aromatic N) is 4. The molecule has 1 amide bonds. The minimum atomic E-state index is -0.403. The number of anilines is 1. The van der Waals surface area contributed by atoms with Crippen molar-refractivity contribution in [2.24, 2.45) is 0 Å². The number of benzene rings is 2. The molecule has 8 heteroatoms. The predicted molar refractivity (Wildman–Crippen MR) is 139 cm³/mol. The second-order valence-corrected chi connectivity index (χ2v) is 10.0. The summed E-state index contributed by atoms with van der Waals surface area (Å²) in [5.41, 5.74) is 4.78. The van der Waals surface area contributed by atoms with Crippen LogP contribution in [0.4, 0.5) is 5.69 Å². The van der Waals surface area contributed by atoms with E-state index in [-0.39, 0.29) is 5.91 Å². The number of hydrogen-bond acceptors (Lipinski definition) is 5. The van der Waals surface area contributed by atoms with Gasteiger partial charge in [0.25, 0.3) is 0 Å². The molecular formula is C26H26ClN5OS. The monoisotopic (exact) mass is 491 g/mol. The molecule has 0 aliphatic heterocycles. The first-order chi connectivity index (χ1) is 16.3. The van der Waals surface area contributed by atoms with E-state index >= 15 is 0 Å². The highest BCUT2D eigenvalue weighted by atomic mass is 35.5. The van der Waals surface area contributed by atoms with Gasteiger partial charge in [0.05, 0.1) is 5.25 Å². The zero-order chi connectivity index (χ0) is 24.2. The molecule has 1 N–H and O–H groups in total. The number of amides is 1. The largest absolute Gasteiger partial charge is 0.325 e. The van der Waals surface area contributed by atoms with Gasteiger partial charge in [0.15, 0.2) is 11.0 Å². The minimum Gasteiger partial charge on any atom is -0.325 e. The number of carbonyl (C=O) groups excluding carboxylic acids is 1. The fourth-order valence-electron chi connectivity index (χ4n) is 3.64. The van der Waals surface area contributed by atoms with Gasteiger partial charge in [-0.25, -0.2) is 0 Å². The lowest BCUT2D eigenvalue weighted by atomic mass is 9.98. The fraction of sp³-hybridized carbons (Fsp3) is 0.231. The molecule has 2 heterocycles. The van der Waals surface area contributed by atoms with Gasteiger partial charge in [0.1, 0.15) is 0 Å². The number of aromatic nitrogens is 4. The molecule has 4 aromatic rings. The normalized spacial score (nSPS) is 12.1. The number of thioether (sulfide) groups is 1. The number of aryl methyl sites for hydroxylation is 1. The number of carbonyl (C=O) groups is 1. The van der Waals surface area contributed by atoms with E-state index in [9.17, 15) is 4.79 Å². The van der Waals surface area contributed by atoms with Gasteiger partial charge in [-0.15, -0.1) is 10.2 Å². The third-order valence-corrected chi connectivity index (χ3v) is 6.78. The summed E-state index contributed by atoms with van der Waals surface area (Å²) >= 11 is 7.47. The van der Waals surface area contributed by atoms with Crippen LogP contribution >= 0.6 is 23.4 Å². The third kappa shape index (κ3) is 5.16. The zero-order valence-corrected chi connectivity index (χ0v) is 21.1. The molecule has 2 aromatic carbocycles. The average Bonchev–Trinajstić information content (AvgIpc) is 3.24. The summed E-state index contributed by atoms with van der Waals surface area (Å²) in [6.07, 6.45) is 3.43. The molecule has 4 rings (SSSR count). The molecule has 6 nitrogen and oxygen atoms in total. The van der Waals surface area contributed by atoms with Crippen molar-refractivity contribution in [2.75, 3.05) is 5.32 Å². The van der Waals surface area contributed by atoms with E-state index in [1.54, 1.807) is 12.4 Å². The molecule has 174 valence electrons. The van der Waals surface area contributed by atoms with Gasteiger partial charge in [0, 0.05) is 34.4 Å². The lowest BCUT2D eigenvalue weighted by Gasteiger charge is -2.19. The highest BCUT2D eigenvalue weighted by Crippen LogP contribution is 2.32. The van der Waals surface area contributed by atoms with Crippen LogP contribution in [0.15, 0.2) is 72.1 Å². The first-order valence-electron chi connectivity index (χ1n) is 11.0. The van der Waals surface area contributed by atoms with Crippen molar-refractivity contribution in [2.45, 2.75) is 44.0 Å². The van der Waals surface area contributed by atoms with Crippen LogP contribution < -0.4 is 5.32 Å². The SMILES string of the molecule is Cc1cccc(C(C)C)c1NC(=O)C(C)Sc1nnc(-c2ccncc2)n1-c1ccc(Cl)cc1. The van der Waals surface area contributed by atoms with Crippen LogP contribution in [-0.4, -0.2) is 30.9 Å². The van der Waals surface area contributed by atoms with Crippen molar-refractivity contribution in [1.82, 2.24) is 19.7 Å². The maximum absolute atomic E-state index is 13.2. The second-order valence-electron chi connectivity index (χ2n) is 8.30. The second kappa shape index (κ2) is 10.4. The van der Waals surface area contributed by atoms with Gasteiger partial charge in [-0.1, -0.05) is 55.4 Å². The van der Waals surface area contributed by atoms with Gasteiger partial charge in [-0.2, -0.15) is 0 Å². The van der Waals surface area contributed by atoms with Crippen LogP contribution in [-0.2, 0) is 4.79 Å². The Morgan fingerprint density at radius 1 is 1.00 bits per heavy atom. The first-order valence-corrected chi connectivity index (χ1v) is 12.3. The van der Waals surface area contributed by atoms with Crippen molar-refractivity contribution in [3.63, 3.8) is 0 Å². The van der Waals surface area contributed by atoms with Crippen LogP contribution in [0.5, 0.6) is 0 Å². The maximum Gasteiger partial charge on any atom is 0.237 e. The lowest BCUT2D eigenvalue weighted by molar-refractivity contribution is -0.115. The van der Waals surface area contributed by atoms with E-state index in [2.05, 4.69) is 40.4 Å². The molecule has 0 bridgehead atoms. The molecule has 0 saturated carbocycles. The Bertz CT molecular complexity index is 1290. The number of pyridine rings is 1. The molecule has 0 aliphatic rings. The van der Waals surface area contributed by atoms with E-state index in [0.29, 0.717) is 21.9 Å². The number of hydrogen-bond donors (Lipinski definition) is 1. The Morgan fingerprint density at radius 2 is 1.71 bits per heavy atom. The number of halogens is 1. The molecule has 0 spiro atoms. The van der Waals surface area contributed by atoms with Gasteiger partial charge in [0.2, 0.25) is 5.91 Å². The number of rotatable bonds is 7. The molecular weight excluding hydrogens is 466 g/mol. The summed E-state index contributed by atoms with van der Waals surface area (Å²) in [5.74, 6) is 0.882. The molecule has 1 atom stereocenters. The molecule has 0 radical (unpaired) electrons. The van der Waals surface area contributed by atoms with E-state index in [1.807, 2.05) is 66.9 Å².